The van der Waals surface area contributed by atoms with Crippen LogP contribution in [0.3, 0.4) is 0 Å². The summed E-state index contributed by atoms with van der Waals surface area (Å²) >= 11 is 4.82. The van der Waals surface area contributed by atoms with Crippen molar-refractivity contribution >= 4 is 45.2 Å². The fourth-order valence-electron chi connectivity index (χ4n) is 2.46. The lowest BCUT2D eigenvalue weighted by atomic mass is 10.0. The zero-order valence-electron chi connectivity index (χ0n) is 12.0. The Hall–Kier alpha value is 0.300. The maximum atomic E-state index is 9.80. The average molecular weight is 512 g/mol. The Balaban J connectivity index is 1.56. The minimum Gasteiger partial charge on any atom is -0.388 e. The molecule has 5 heteroatoms. The van der Waals surface area contributed by atoms with E-state index < -0.39 is 0 Å². The van der Waals surface area contributed by atoms with Crippen molar-refractivity contribution in [1.82, 2.24) is 10.6 Å². The normalized spacial score (nSPS) is 25.4. The summed E-state index contributed by atoms with van der Waals surface area (Å²) in [6.07, 6.45) is 12.2. The predicted molar refractivity (Wildman–Crippen MR) is 106 cm³/mol. The van der Waals surface area contributed by atoms with Crippen LogP contribution in [-0.4, -0.2) is 37.4 Å². The summed E-state index contributed by atoms with van der Waals surface area (Å²) in [5.41, 5.74) is 1.09. The van der Waals surface area contributed by atoms with Gasteiger partial charge in [-0.1, -0.05) is 24.3 Å². The largest absolute Gasteiger partial charge is 0.388 e. The highest BCUT2D eigenvalue weighted by molar-refractivity contribution is 14.1. The van der Waals surface area contributed by atoms with E-state index >= 15 is 0 Å². The average Bonchev–Trinajstić information content (AvgIpc) is 2.43. The van der Waals surface area contributed by atoms with Gasteiger partial charge in [-0.2, -0.15) is 0 Å². The minimum atomic E-state index is -0.307. The van der Waals surface area contributed by atoms with Crippen molar-refractivity contribution < 1.29 is 5.11 Å². The van der Waals surface area contributed by atoms with Crippen LogP contribution in [0.2, 0.25) is 0 Å². The highest BCUT2D eigenvalue weighted by Crippen LogP contribution is 2.29. The first-order valence-corrected chi connectivity index (χ1v) is 9.49. The highest BCUT2D eigenvalue weighted by atomic mass is 127. The molecule has 0 saturated carbocycles. The lowest BCUT2D eigenvalue weighted by Gasteiger charge is -2.19. The molecule has 2 atom stereocenters. The first-order valence-electron chi connectivity index (χ1n) is 7.33. The molecule has 3 nitrogen and oxygen atoms in total. The smallest absolute Gasteiger partial charge is 0.0800 e. The van der Waals surface area contributed by atoms with Gasteiger partial charge in [0.15, 0.2) is 0 Å². The van der Waals surface area contributed by atoms with Gasteiger partial charge in [-0.3, -0.25) is 0 Å². The second kappa shape index (κ2) is 9.44. The van der Waals surface area contributed by atoms with Crippen LogP contribution in [-0.2, 0) is 0 Å². The molecule has 2 unspecified atom stereocenters. The van der Waals surface area contributed by atoms with E-state index in [0.29, 0.717) is 5.92 Å². The zero-order valence-corrected chi connectivity index (χ0v) is 16.3. The molecule has 2 aliphatic carbocycles. The molecule has 0 radical (unpaired) electrons. The van der Waals surface area contributed by atoms with Crippen molar-refractivity contribution in [2.45, 2.75) is 18.9 Å². The van der Waals surface area contributed by atoms with E-state index in [-0.39, 0.29) is 6.10 Å². The highest BCUT2D eigenvalue weighted by Gasteiger charge is 2.13. The Kier molecular flexibility index (Phi) is 7.94. The SMILES string of the molecule is OC1CC=CC=C1CNCCNCC1C=C(I)C=C(I)C1. The van der Waals surface area contributed by atoms with Crippen molar-refractivity contribution in [2.75, 3.05) is 26.2 Å². The molecular formula is C16H22I2N2O. The minimum absolute atomic E-state index is 0.307. The third-order valence-corrected chi connectivity index (χ3v) is 5.02. The van der Waals surface area contributed by atoms with Crippen LogP contribution in [0.25, 0.3) is 0 Å². The summed E-state index contributed by atoms with van der Waals surface area (Å²) in [5, 5.41) is 16.7. The molecule has 0 heterocycles. The van der Waals surface area contributed by atoms with Gasteiger partial charge in [0, 0.05) is 29.8 Å². The van der Waals surface area contributed by atoms with Gasteiger partial charge in [0.1, 0.15) is 0 Å². The van der Waals surface area contributed by atoms with Crippen molar-refractivity contribution in [3.63, 3.8) is 0 Å². The molecule has 21 heavy (non-hydrogen) atoms. The molecule has 0 aromatic carbocycles. The summed E-state index contributed by atoms with van der Waals surface area (Å²) < 4.78 is 2.79. The van der Waals surface area contributed by atoms with Gasteiger partial charge in [-0.05, 0) is 79.2 Å². The Morgan fingerprint density at radius 2 is 2.05 bits per heavy atom. The molecule has 0 aliphatic heterocycles. The van der Waals surface area contributed by atoms with Crippen LogP contribution in [0.15, 0.2) is 43.1 Å². The number of hydrogen-bond donors (Lipinski definition) is 3. The van der Waals surface area contributed by atoms with E-state index in [1.807, 2.05) is 18.2 Å². The van der Waals surface area contributed by atoms with Crippen molar-refractivity contribution in [1.29, 1.82) is 0 Å². The number of rotatable bonds is 7. The zero-order chi connectivity index (χ0) is 15.1. The predicted octanol–water partition coefficient (Wildman–Crippen LogP) is 3.07. The summed E-state index contributed by atoms with van der Waals surface area (Å²) in [7, 11) is 0. The fraction of sp³-hybridized carbons (Fsp3) is 0.500. The van der Waals surface area contributed by atoms with E-state index in [4.69, 9.17) is 0 Å². The third-order valence-electron chi connectivity index (χ3n) is 3.59. The first-order chi connectivity index (χ1) is 10.1. The molecule has 0 fully saturated rings. The number of aliphatic hydroxyl groups excluding tert-OH is 1. The molecule has 0 aromatic rings. The molecule has 0 amide bonds. The summed E-state index contributed by atoms with van der Waals surface area (Å²) in [6, 6.07) is 0. The Labute approximate surface area is 154 Å². The lowest BCUT2D eigenvalue weighted by Crippen LogP contribution is -2.33. The van der Waals surface area contributed by atoms with Gasteiger partial charge in [-0.25, -0.2) is 0 Å². The van der Waals surface area contributed by atoms with E-state index in [0.717, 1.165) is 44.6 Å². The summed E-state index contributed by atoms with van der Waals surface area (Å²) in [4.78, 5) is 0. The second-order valence-corrected chi connectivity index (χ2v) is 8.04. The molecule has 116 valence electrons. The van der Waals surface area contributed by atoms with E-state index in [2.05, 4.69) is 68.0 Å². The Bertz CT molecular complexity index is 469. The fourth-order valence-corrected chi connectivity index (χ4v) is 4.84. The molecule has 2 rings (SSSR count). The maximum absolute atomic E-state index is 9.80. The van der Waals surface area contributed by atoms with Crippen molar-refractivity contribution in [2.24, 2.45) is 5.92 Å². The molecule has 0 saturated heterocycles. The van der Waals surface area contributed by atoms with E-state index in [1.54, 1.807) is 0 Å². The van der Waals surface area contributed by atoms with Gasteiger partial charge in [0.2, 0.25) is 0 Å². The third kappa shape index (κ3) is 6.52. The van der Waals surface area contributed by atoms with Crippen LogP contribution in [0, 0.1) is 5.92 Å². The monoisotopic (exact) mass is 512 g/mol. The molecular weight excluding hydrogens is 490 g/mol. The Morgan fingerprint density at radius 1 is 1.24 bits per heavy atom. The van der Waals surface area contributed by atoms with Crippen LogP contribution in [0.4, 0.5) is 0 Å². The maximum Gasteiger partial charge on any atom is 0.0800 e. The van der Waals surface area contributed by atoms with Crippen LogP contribution in [0.5, 0.6) is 0 Å². The molecule has 2 aliphatic rings. The molecule has 3 N–H and O–H groups in total. The van der Waals surface area contributed by atoms with E-state index in [9.17, 15) is 5.11 Å². The van der Waals surface area contributed by atoms with Crippen molar-refractivity contribution in [3.8, 4) is 0 Å². The molecule has 0 bridgehead atoms. The lowest BCUT2D eigenvalue weighted by molar-refractivity contribution is 0.209. The molecule has 0 aromatic heterocycles. The number of nitrogens with one attached hydrogen (secondary N) is 2. The summed E-state index contributed by atoms with van der Waals surface area (Å²) in [6.45, 7) is 3.69. The quantitative estimate of drug-likeness (QED) is 0.363. The number of halogens is 2. The topological polar surface area (TPSA) is 44.3 Å². The second-order valence-electron chi connectivity index (χ2n) is 5.41. The van der Waals surface area contributed by atoms with Crippen LogP contribution < -0.4 is 10.6 Å². The first kappa shape index (κ1) is 17.7. The van der Waals surface area contributed by atoms with E-state index in [1.165, 1.54) is 7.16 Å². The van der Waals surface area contributed by atoms with Gasteiger partial charge in [0.05, 0.1) is 6.10 Å². The van der Waals surface area contributed by atoms with Gasteiger partial charge < -0.3 is 15.7 Å². The number of aliphatic hydroxyl groups is 1. The number of allylic oxidation sites excluding steroid dienone is 5. The van der Waals surface area contributed by atoms with Crippen LogP contribution >= 0.6 is 45.2 Å². The Morgan fingerprint density at radius 3 is 2.81 bits per heavy atom. The standard InChI is InChI=1S/C16H22I2N2O/c17-14-7-12(8-15(18)9-14)10-19-5-6-20-11-13-3-1-2-4-16(13)21/h1-3,7,9,12,16,19-21H,4-6,8,10-11H2. The summed E-state index contributed by atoms with van der Waals surface area (Å²) in [5.74, 6) is 0.613. The van der Waals surface area contributed by atoms with Crippen molar-refractivity contribution in [3.05, 3.63) is 43.1 Å². The number of hydrogen-bond acceptors (Lipinski definition) is 3. The van der Waals surface area contributed by atoms with Crippen LogP contribution in [0.1, 0.15) is 12.8 Å². The van der Waals surface area contributed by atoms with Gasteiger partial charge in [-0.15, -0.1) is 0 Å². The van der Waals surface area contributed by atoms with Gasteiger partial charge in [0.25, 0.3) is 0 Å². The van der Waals surface area contributed by atoms with Gasteiger partial charge >= 0.3 is 0 Å². The molecule has 0 spiro atoms.